The van der Waals surface area contributed by atoms with Gasteiger partial charge in [-0.2, -0.15) is 0 Å². The second-order valence-electron chi connectivity index (χ2n) is 3.80. The van der Waals surface area contributed by atoms with E-state index in [1.54, 1.807) is 0 Å². The van der Waals surface area contributed by atoms with Gasteiger partial charge in [-0.3, -0.25) is 14.7 Å². The van der Waals surface area contributed by atoms with Gasteiger partial charge in [-0.25, -0.2) is 13.5 Å². The number of carbonyl (C=O) groups excluding carboxylic acids is 1. The van der Waals surface area contributed by atoms with Crippen LogP contribution in [-0.2, 0) is 16.0 Å². The zero-order chi connectivity index (χ0) is 14.0. The molecule has 1 heterocycles. The van der Waals surface area contributed by atoms with Gasteiger partial charge in [0.15, 0.2) is 0 Å². The molecule has 0 radical (unpaired) electrons. The number of benzene rings is 1. The first-order valence-electron chi connectivity index (χ1n) is 5.34. The average Bonchev–Trinajstić information content (AvgIpc) is 2.73. The third kappa shape index (κ3) is 2.70. The highest BCUT2D eigenvalue weighted by atomic mass is 19.1. The zero-order valence-electron chi connectivity index (χ0n) is 9.94. The number of hydrogen-bond acceptors (Lipinski definition) is 3. The van der Waals surface area contributed by atoms with E-state index in [0.29, 0.717) is 0 Å². The maximum atomic E-state index is 13.5. The Morgan fingerprint density at radius 3 is 2.79 bits per heavy atom. The summed E-state index contributed by atoms with van der Waals surface area (Å²) in [7, 11) is 1.21. The minimum absolute atomic E-state index is 0.157. The molecule has 100 valence electrons. The van der Waals surface area contributed by atoms with Gasteiger partial charge in [-0.15, -0.1) is 0 Å². The topological polar surface area (TPSA) is 64.1 Å². The van der Waals surface area contributed by atoms with Crippen LogP contribution in [0, 0.1) is 11.6 Å². The highest BCUT2D eigenvalue weighted by Crippen LogP contribution is 2.12. The van der Waals surface area contributed by atoms with Crippen LogP contribution in [0.4, 0.5) is 8.78 Å². The lowest BCUT2D eigenvalue weighted by atomic mass is 10.3. The second-order valence-corrected chi connectivity index (χ2v) is 3.80. The van der Waals surface area contributed by atoms with Crippen molar-refractivity contribution in [1.82, 2.24) is 9.78 Å². The molecule has 0 saturated carbocycles. The molecule has 1 aromatic heterocycles. The van der Waals surface area contributed by atoms with E-state index in [1.807, 2.05) is 0 Å². The summed E-state index contributed by atoms with van der Waals surface area (Å²) in [6, 6.07) is 3.87. The minimum atomic E-state index is -0.755. The Bertz CT molecular complexity index is 676. The Morgan fingerprint density at radius 1 is 1.37 bits per heavy atom. The van der Waals surface area contributed by atoms with Crippen LogP contribution in [0.3, 0.4) is 0 Å². The van der Waals surface area contributed by atoms with Crippen LogP contribution in [0.2, 0.25) is 0 Å². The number of hydrogen-bond donors (Lipinski definition) is 1. The number of esters is 1. The fourth-order valence-electron chi connectivity index (χ4n) is 1.60. The highest BCUT2D eigenvalue weighted by Gasteiger charge is 2.12. The molecule has 0 saturated heterocycles. The van der Waals surface area contributed by atoms with Crippen LogP contribution in [0.1, 0.15) is 5.69 Å². The quantitative estimate of drug-likeness (QED) is 0.849. The molecule has 0 amide bonds. The molecule has 0 fully saturated rings. The molecule has 0 aliphatic carbocycles. The number of nitrogens with zero attached hydrogens (tertiary/aromatic N) is 1. The Balaban J connectivity index is 2.43. The second kappa shape index (κ2) is 5.05. The van der Waals surface area contributed by atoms with Crippen molar-refractivity contribution in [3.05, 3.63) is 51.9 Å². The minimum Gasteiger partial charge on any atom is -0.469 e. The molecule has 0 bridgehead atoms. The van der Waals surface area contributed by atoms with Crippen molar-refractivity contribution in [2.75, 3.05) is 7.11 Å². The molecule has 0 atom stereocenters. The van der Waals surface area contributed by atoms with Crippen molar-refractivity contribution < 1.29 is 18.3 Å². The van der Waals surface area contributed by atoms with E-state index in [-0.39, 0.29) is 17.8 Å². The van der Waals surface area contributed by atoms with Gasteiger partial charge in [-0.1, -0.05) is 0 Å². The molecule has 0 unspecified atom stereocenters. The molecular weight excluding hydrogens is 258 g/mol. The molecule has 0 spiro atoms. The van der Waals surface area contributed by atoms with Gasteiger partial charge in [0.05, 0.1) is 13.5 Å². The molecule has 1 N–H and O–H groups in total. The summed E-state index contributed by atoms with van der Waals surface area (Å²) >= 11 is 0. The Labute approximate surface area is 106 Å². The van der Waals surface area contributed by atoms with Gasteiger partial charge in [0.25, 0.3) is 5.56 Å². The van der Waals surface area contributed by atoms with E-state index in [0.717, 1.165) is 28.9 Å². The maximum Gasteiger partial charge on any atom is 0.311 e. The summed E-state index contributed by atoms with van der Waals surface area (Å²) in [4.78, 5) is 22.7. The molecule has 2 rings (SSSR count). The molecule has 7 heteroatoms. The fraction of sp³-hybridized carbons (Fsp3) is 0.167. The van der Waals surface area contributed by atoms with E-state index in [4.69, 9.17) is 0 Å². The number of H-pyrrole nitrogens is 1. The summed E-state index contributed by atoms with van der Waals surface area (Å²) in [5.41, 5.74) is -0.593. The first-order chi connectivity index (χ1) is 9.01. The number of carbonyl (C=O) groups is 1. The van der Waals surface area contributed by atoms with E-state index in [9.17, 15) is 18.4 Å². The van der Waals surface area contributed by atoms with Gasteiger partial charge in [0.2, 0.25) is 0 Å². The smallest absolute Gasteiger partial charge is 0.311 e. The van der Waals surface area contributed by atoms with Gasteiger partial charge in [0.1, 0.15) is 17.3 Å². The molecule has 5 nitrogen and oxygen atoms in total. The zero-order valence-corrected chi connectivity index (χ0v) is 9.94. The van der Waals surface area contributed by atoms with Gasteiger partial charge in [-0.05, 0) is 12.1 Å². The lowest BCUT2D eigenvalue weighted by molar-refractivity contribution is -0.139. The lowest BCUT2D eigenvalue weighted by Gasteiger charge is -2.03. The number of ether oxygens (including phenoxy) is 1. The van der Waals surface area contributed by atoms with Crippen molar-refractivity contribution >= 4 is 5.97 Å². The summed E-state index contributed by atoms with van der Waals surface area (Å²) in [6.07, 6.45) is -0.157. The third-order valence-corrected chi connectivity index (χ3v) is 2.49. The highest BCUT2D eigenvalue weighted by molar-refractivity contribution is 5.71. The standard InChI is InChI=1S/C12H10F2N2O3/c1-19-12(18)6-8-5-11(17)16(15-8)10-4-7(13)2-3-9(10)14/h2-5,15H,6H2,1H3. The first kappa shape index (κ1) is 13.0. The monoisotopic (exact) mass is 268 g/mol. The molecular formula is C12H10F2N2O3. The molecule has 0 aliphatic rings. The van der Waals surface area contributed by atoms with E-state index in [2.05, 4.69) is 9.84 Å². The Hall–Kier alpha value is -2.44. The van der Waals surface area contributed by atoms with Crippen LogP contribution in [0.5, 0.6) is 0 Å². The predicted molar refractivity (Wildman–Crippen MR) is 62.0 cm³/mol. The largest absolute Gasteiger partial charge is 0.469 e. The Kier molecular flexibility index (Phi) is 3.46. The summed E-state index contributed by atoms with van der Waals surface area (Å²) in [5, 5.41) is 2.53. The SMILES string of the molecule is COC(=O)Cc1cc(=O)n(-c2cc(F)ccc2F)[nH]1. The maximum absolute atomic E-state index is 13.5. The van der Waals surface area contributed by atoms with Crippen molar-refractivity contribution in [2.45, 2.75) is 6.42 Å². The Morgan fingerprint density at radius 2 is 2.11 bits per heavy atom. The van der Waals surface area contributed by atoms with Gasteiger partial charge < -0.3 is 4.74 Å². The number of rotatable bonds is 3. The van der Waals surface area contributed by atoms with Gasteiger partial charge in [0, 0.05) is 17.8 Å². The molecule has 0 aliphatic heterocycles. The summed E-state index contributed by atoms with van der Waals surface area (Å²) in [6.45, 7) is 0. The average molecular weight is 268 g/mol. The first-order valence-corrected chi connectivity index (χ1v) is 5.34. The number of nitrogens with one attached hydrogen (secondary N) is 1. The molecule has 19 heavy (non-hydrogen) atoms. The van der Waals surface area contributed by atoms with Crippen LogP contribution in [0.25, 0.3) is 5.69 Å². The summed E-state index contributed by atoms with van der Waals surface area (Å²) in [5.74, 6) is -1.98. The van der Waals surface area contributed by atoms with E-state index >= 15 is 0 Å². The summed E-state index contributed by atoms with van der Waals surface area (Å²) < 4.78 is 31.9. The lowest BCUT2D eigenvalue weighted by Crippen LogP contribution is -2.15. The number of aromatic amines is 1. The van der Waals surface area contributed by atoms with Crippen LogP contribution < -0.4 is 5.56 Å². The fourth-order valence-corrected chi connectivity index (χ4v) is 1.60. The van der Waals surface area contributed by atoms with Crippen LogP contribution in [-0.4, -0.2) is 22.9 Å². The van der Waals surface area contributed by atoms with Crippen molar-refractivity contribution in [2.24, 2.45) is 0 Å². The number of methoxy groups -OCH3 is 1. The molecule has 2 aromatic rings. The van der Waals surface area contributed by atoms with Gasteiger partial charge >= 0.3 is 5.97 Å². The van der Waals surface area contributed by atoms with E-state index < -0.39 is 23.2 Å². The number of halogens is 2. The normalized spacial score (nSPS) is 10.5. The van der Waals surface area contributed by atoms with Crippen molar-refractivity contribution in [3.8, 4) is 5.69 Å². The number of aromatic nitrogens is 2. The molecule has 1 aromatic carbocycles. The van der Waals surface area contributed by atoms with Crippen molar-refractivity contribution in [1.29, 1.82) is 0 Å². The third-order valence-electron chi connectivity index (χ3n) is 2.49. The van der Waals surface area contributed by atoms with Crippen LogP contribution in [0.15, 0.2) is 29.1 Å². The van der Waals surface area contributed by atoms with E-state index in [1.165, 1.54) is 7.11 Å². The van der Waals surface area contributed by atoms with Crippen molar-refractivity contribution in [3.63, 3.8) is 0 Å². The predicted octanol–water partition coefficient (Wildman–Crippen LogP) is 1.16. The van der Waals surface area contributed by atoms with Crippen LogP contribution >= 0.6 is 0 Å².